The standard InChI is InChI=1S/C27H46O6/c1-6-7-8-9-22-10-12-23(13-11-22)14-15-24(17-32-26(29)21(4)16-28)18-33-27(30)25(19-31-5)20(2)3/h22-24,28H,4,6-19H2,1-3,5H3. The fourth-order valence-corrected chi connectivity index (χ4v) is 4.37. The summed E-state index contributed by atoms with van der Waals surface area (Å²) < 4.78 is 16.0. The summed E-state index contributed by atoms with van der Waals surface area (Å²) in [6.07, 6.45) is 12.3. The normalized spacial score (nSPS) is 18.9. The molecule has 1 N–H and O–H groups in total. The summed E-state index contributed by atoms with van der Waals surface area (Å²) in [6, 6.07) is 0. The van der Waals surface area contributed by atoms with Crippen LogP contribution in [0.25, 0.3) is 0 Å². The first kappa shape index (κ1) is 29.4. The summed E-state index contributed by atoms with van der Waals surface area (Å²) in [5.74, 6) is 0.466. The largest absolute Gasteiger partial charge is 0.462 e. The monoisotopic (exact) mass is 466 g/mol. The second kappa shape index (κ2) is 16.9. The predicted octanol–water partition coefficient (Wildman–Crippen LogP) is 5.39. The van der Waals surface area contributed by atoms with Gasteiger partial charge in [0.15, 0.2) is 0 Å². The van der Waals surface area contributed by atoms with Crippen LogP contribution in [0.2, 0.25) is 0 Å². The molecule has 0 amide bonds. The van der Waals surface area contributed by atoms with Crippen molar-refractivity contribution in [2.75, 3.05) is 33.5 Å². The molecular formula is C27H46O6. The number of hydrogen-bond acceptors (Lipinski definition) is 6. The van der Waals surface area contributed by atoms with E-state index in [1.54, 1.807) is 7.11 Å². The van der Waals surface area contributed by atoms with E-state index < -0.39 is 12.6 Å². The number of hydrogen-bond donors (Lipinski definition) is 1. The molecule has 6 heteroatoms. The summed E-state index contributed by atoms with van der Waals surface area (Å²) in [6.45, 7) is 9.58. The maximum absolute atomic E-state index is 12.5. The number of rotatable bonds is 16. The lowest BCUT2D eigenvalue weighted by molar-refractivity contribution is -0.145. The predicted molar refractivity (Wildman–Crippen MR) is 131 cm³/mol. The van der Waals surface area contributed by atoms with Gasteiger partial charge in [-0.2, -0.15) is 0 Å². The van der Waals surface area contributed by atoms with Crippen LogP contribution < -0.4 is 0 Å². The van der Waals surface area contributed by atoms with Gasteiger partial charge in [0, 0.05) is 13.0 Å². The highest BCUT2D eigenvalue weighted by Crippen LogP contribution is 2.35. The number of unbranched alkanes of at least 4 members (excludes halogenated alkanes) is 2. The van der Waals surface area contributed by atoms with E-state index in [4.69, 9.17) is 19.3 Å². The number of esters is 2. The maximum atomic E-state index is 12.5. The number of allylic oxidation sites excluding steroid dienone is 1. The van der Waals surface area contributed by atoms with Crippen LogP contribution in [0.1, 0.15) is 85.0 Å². The second-order valence-electron chi connectivity index (χ2n) is 9.70. The molecule has 1 unspecified atom stereocenters. The molecule has 1 fully saturated rings. The van der Waals surface area contributed by atoms with Gasteiger partial charge in [-0.1, -0.05) is 70.4 Å². The SMILES string of the molecule is C=C(CO)C(=O)OCC(CCC1CCC(CCCCC)CC1)COC(=O)C(COC)=C(C)C. The van der Waals surface area contributed by atoms with Crippen LogP contribution in [0.15, 0.2) is 23.3 Å². The van der Waals surface area contributed by atoms with Crippen molar-refractivity contribution in [1.82, 2.24) is 0 Å². The lowest BCUT2D eigenvalue weighted by Crippen LogP contribution is -2.24. The molecule has 0 bridgehead atoms. The van der Waals surface area contributed by atoms with E-state index in [2.05, 4.69) is 13.5 Å². The number of carbonyl (C=O) groups excluding carboxylic acids is 2. The highest BCUT2D eigenvalue weighted by atomic mass is 16.5. The maximum Gasteiger partial charge on any atom is 0.336 e. The molecule has 0 radical (unpaired) electrons. The van der Waals surface area contributed by atoms with Crippen molar-refractivity contribution in [3.63, 3.8) is 0 Å². The molecule has 1 aliphatic rings. The van der Waals surface area contributed by atoms with Crippen molar-refractivity contribution < 1.29 is 28.9 Å². The lowest BCUT2D eigenvalue weighted by Gasteiger charge is -2.29. The summed E-state index contributed by atoms with van der Waals surface area (Å²) in [5, 5.41) is 9.09. The average molecular weight is 467 g/mol. The number of aliphatic hydroxyl groups excluding tert-OH is 1. The van der Waals surface area contributed by atoms with E-state index in [0.717, 1.165) is 24.3 Å². The van der Waals surface area contributed by atoms with Crippen molar-refractivity contribution in [2.45, 2.75) is 85.0 Å². The topological polar surface area (TPSA) is 82.1 Å². The van der Waals surface area contributed by atoms with Crippen LogP contribution in [0.3, 0.4) is 0 Å². The summed E-state index contributed by atoms with van der Waals surface area (Å²) in [7, 11) is 1.55. The van der Waals surface area contributed by atoms with Crippen molar-refractivity contribution in [3.8, 4) is 0 Å². The third kappa shape index (κ3) is 11.9. The van der Waals surface area contributed by atoms with Crippen LogP contribution in [-0.2, 0) is 23.8 Å². The van der Waals surface area contributed by atoms with Crippen molar-refractivity contribution in [3.05, 3.63) is 23.3 Å². The fraction of sp³-hybridized carbons (Fsp3) is 0.778. The average Bonchev–Trinajstić information content (AvgIpc) is 2.81. The molecule has 0 spiro atoms. The molecule has 0 aromatic heterocycles. The minimum absolute atomic E-state index is 0.0269. The molecule has 0 aliphatic heterocycles. The molecule has 190 valence electrons. The molecule has 0 aromatic carbocycles. The van der Waals surface area contributed by atoms with Gasteiger partial charge in [-0.15, -0.1) is 0 Å². The van der Waals surface area contributed by atoms with Crippen LogP contribution in [-0.4, -0.2) is 50.6 Å². The number of ether oxygens (including phenoxy) is 3. The smallest absolute Gasteiger partial charge is 0.336 e. The Kier molecular flexibility index (Phi) is 15.0. The molecular weight excluding hydrogens is 420 g/mol. The molecule has 1 rings (SSSR count). The summed E-state index contributed by atoms with van der Waals surface area (Å²) in [4.78, 5) is 24.4. The number of aliphatic hydroxyl groups is 1. The third-order valence-electron chi connectivity index (χ3n) is 6.68. The molecule has 0 heterocycles. The summed E-state index contributed by atoms with van der Waals surface area (Å²) >= 11 is 0. The summed E-state index contributed by atoms with van der Waals surface area (Å²) in [5.41, 5.74) is 1.40. The van der Waals surface area contributed by atoms with Gasteiger partial charge in [-0.25, -0.2) is 9.59 Å². The van der Waals surface area contributed by atoms with Gasteiger partial charge in [0.1, 0.15) is 0 Å². The molecule has 33 heavy (non-hydrogen) atoms. The molecule has 6 nitrogen and oxygen atoms in total. The van der Waals surface area contributed by atoms with Gasteiger partial charge in [-0.3, -0.25) is 0 Å². The van der Waals surface area contributed by atoms with Crippen LogP contribution in [0.4, 0.5) is 0 Å². The zero-order valence-electron chi connectivity index (χ0n) is 21.3. The zero-order valence-corrected chi connectivity index (χ0v) is 21.3. The Hall–Kier alpha value is -1.66. The highest BCUT2D eigenvalue weighted by molar-refractivity contribution is 5.89. The van der Waals surface area contributed by atoms with Gasteiger partial charge in [0.2, 0.25) is 0 Å². The van der Waals surface area contributed by atoms with Crippen molar-refractivity contribution in [2.24, 2.45) is 17.8 Å². The Balaban J connectivity index is 2.58. The highest BCUT2D eigenvalue weighted by Gasteiger charge is 2.24. The Morgan fingerprint density at radius 2 is 1.55 bits per heavy atom. The lowest BCUT2D eigenvalue weighted by atomic mass is 9.77. The first-order chi connectivity index (χ1) is 15.8. The van der Waals surface area contributed by atoms with Gasteiger partial charge in [0.25, 0.3) is 0 Å². The van der Waals surface area contributed by atoms with Gasteiger partial charge in [-0.05, 0) is 38.5 Å². The van der Waals surface area contributed by atoms with Gasteiger partial charge >= 0.3 is 11.9 Å². The zero-order chi connectivity index (χ0) is 24.6. The van der Waals surface area contributed by atoms with Crippen molar-refractivity contribution in [1.29, 1.82) is 0 Å². The Morgan fingerprint density at radius 1 is 0.970 bits per heavy atom. The van der Waals surface area contributed by atoms with Crippen LogP contribution in [0.5, 0.6) is 0 Å². The third-order valence-corrected chi connectivity index (χ3v) is 6.68. The fourth-order valence-electron chi connectivity index (χ4n) is 4.37. The quantitative estimate of drug-likeness (QED) is 0.187. The van der Waals surface area contributed by atoms with Crippen molar-refractivity contribution >= 4 is 11.9 Å². The second-order valence-corrected chi connectivity index (χ2v) is 9.70. The minimum Gasteiger partial charge on any atom is -0.462 e. The minimum atomic E-state index is -0.606. The van der Waals surface area contributed by atoms with E-state index in [9.17, 15) is 9.59 Å². The molecule has 0 saturated heterocycles. The first-order valence-corrected chi connectivity index (χ1v) is 12.6. The number of methoxy groups -OCH3 is 1. The Morgan fingerprint density at radius 3 is 2.06 bits per heavy atom. The van der Waals surface area contributed by atoms with E-state index >= 15 is 0 Å². The molecule has 1 atom stereocenters. The van der Waals surface area contributed by atoms with Crippen LogP contribution >= 0.6 is 0 Å². The van der Waals surface area contributed by atoms with Crippen LogP contribution in [0, 0.1) is 17.8 Å². The Labute approximate surface area is 200 Å². The van der Waals surface area contributed by atoms with E-state index in [1.807, 2.05) is 13.8 Å². The molecule has 0 aromatic rings. The van der Waals surface area contributed by atoms with Gasteiger partial charge < -0.3 is 19.3 Å². The molecule has 1 aliphatic carbocycles. The van der Waals surface area contributed by atoms with Gasteiger partial charge in [0.05, 0.1) is 37.6 Å². The van der Waals surface area contributed by atoms with E-state index in [1.165, 1.54) is 51.4 Å². The molecule has 1 saturated carbocycles. The van der Waals surface area contributed by atoms with E-state index in [-0.39, 0.29) is 37.3 Å². The Bertz CT molecular complexity index is 627. The first-order valence-electron chi connectivity index (χ1n) is 12.6. The van der Waals surface area contributed by atoms with E-state index in [0.29, 0.717) is 11.5 Å². The number of carbonyl (C=O) groups is 2.